The normalized spacial score (nSPS) is 15.8. The molecule has 2 heterocycles. The van der Waals surface area contributed by atoms with Crippen LogP contribution in [0.15, 0.2) is 42.6 Å². The van der Waals surface area contributed by atoms with Crippen LogP contribution in [0.3, 0.4) is 0 Å². The first-order chi connectivity index (χ1) is 12.5. The molecule has 136 valence electrons. The second-order valence-corrected chi connectivity index (χ2v) is 6.58. The molecule has 1 N–H and O–H groups in total. The van der Waals surface area contributed by atoms with Crippen LogP contribution >= 0.6 is 11.6 Å². The van der Waals surface area contributed by atoms with E-state index in [1.54, 1.807) is 29.3 Å². The van der Waals surface area contributed by atoms with Crippen molar-refractivity contribution in [2.45, 2.75) is 32.4 Å². The van der Waals surface area contributed by atoms with Crippen LogP contribution in [-0.4, -0.2) is 29.4 Å². The quantitative estimate of drug-likeness (QED) is 0.874. The molecule has 0 aliphatic carbocycles. The highest BCUT2D eigenvalue weighted by molar-refractivity contribution is 6.31. The van der Waals surface area contributed by atoms with Crippen molar-refractivity contribution in [1.29, 1.82) is 0 Å². The first-order valence-electron chi connectivity index (χ1n) is 8.46. The largest absolute Gasteiger partial charge is 0.487 e. The van der Waals surface area contributed by atoms with Crippen molar-refractivity contribution >= 4 is 29.1 Å². The van der Waals surface area contributed by atoms with E-state index in [1.807, 2.05) is 25.1 Å². The zero-order chi connectivity index (χ0) is 18.5. The molecule has 0 radical (unpaired) electrons. The Morgan fingerprint density at radius 1 is 1.31 bits per heavy atom. The highest BCUT2D eigenvalue weighted by Gasteiger charge is 2.27. The summed E-state index contributed by atoms with van der Waals surface area (Å²) in [6, 6.07) is 10.7. The number of hydrogen-bond donors (Lipinski definition) is 1. The van der Waals surface area contributed by atoms with Crippen LogP contribution < -0.4 is 15.0 Å². The van der Waals surface area contributed by atoms with Crippen LogP contribution in [-0.2, 0) is 16.1 Å². The number of nitrogens with one attached hydrogen (secondary N) is 1. The predicted octanol–water partition coefficient (Wildman–Crippen LogP) is 2.95. The predicted molar refractivity (Wildman–Crippen MR) is 99.2 cm³/mol. The van der Waals surface area contributed by atoms with Crippen LogP contribution in [0.2, 0.25) is 5.02 Å². The summed E-state index contributed by atoms with van der Waals surface area (Å²) >= 11 is 6.05. The van der Waals surface area contributed by atoms with Crippen molar-refractivity contribution in [3.8, 4) is 5.75 Å². The van der Waals surface area contributed by atoms with E-state index in [4.69, 9.17) is 16.3 Å². The van der Waals surface area contributed by atoms with Gasteiger partial charge in [-0.1, -0.05) is 17.7 Å². The second kappa shape index (κ2) is 8.19. The number of pyridine rings is 1. The number of carbonyl (C=O) groups excluding carboxylic acids is 2. The summed E-state index contributed by atoms with van der Waals surface area (Å²) in [5.41, 5.74) is 1.42. The molecule has 6 nitrogen and oxygen atoms in total. The van der Waals surface area contributed by atoms with Crippen LogP contribution in [0.4, 0.5) is 5.69 Å². The Balaban J connectivity index is 1.56. The van der Waals surface area contributed by atoms with Crippen LogP contribution in [0, 0.1) is 0 Å². The van der Waals surface area contributed by atoms with E-state index >= 15 is 0 Å². The minimum Gasteiger partial charge on any atom is -0.487 e. The third-order valence-corrected chi connectivity index (χ3v) is 4.27. The molecule has 7 heteroatoms. The van der Waals surface area contributed by atoms with Crippen molar-refractivity contribution in [2.24, 2.45) is 0 Å². The number of ether oxygens (including phenoxy) is 1. The van der Waals surface area contributed by atoms with Gasteiger partial charge in [0.05, 0.1) is 24.5 Å². The first-order valence-corrected chi connectivity index (χ1v) is 8.84. The molecule has 0 unspecified atom stereocenters. The lowest BCUT2D eigenvalue weighted by atomic mass is 10.1. The van der Waals surface area contributed by atoms with Gasteiger partial charge >= 0.3 is 0 Å². The third kappa shape index (κ3) is 4.52. The van der Waals surface area contributed by atoms with E-state index in [9.17, 15) is 9.59 Å². The molecule has 1 atom stereocenters. The maximum Gasteiger partial charge on any atom is 0.227 e. The lowest BCUT2D eigenvalue weighted by Crippen LogP contribution is -2.42. The third-order valence-electron chi connectivity index (χ3n) is 4.04. The van der Waals surface area contributed by atoms with Crippen molar-refractivity contribution in [3.63, 3.8) is 0 Å². The van der Waals surface area contributed by atoms with Crippen LogP contribution in [0.5, 0.6) is 5.75 Å². The number of anilines is 1. The monoisotopic (exact) mass is 373 g/mol. The summed E-state index contributed by atoms with van der Waals surface area (Å²) in [7, 11) is 0. The maximum absolute atomic E-state index is 12.6. The molecule has 0 fully saturated rings. The average molecular weight is 374 g/mol. The van der Waals surface area contributed by atoms with E-state index in [1.165, 1.54) is 0 Å². The SMILES string of the molecule is C[C@@H]1CN(C(=O)CCC(=O)NCc2ccccn2)c2cc(Cl)ccc2O1. The fourth-order valence-corrected chi connectivity index (χ4v) is 2.95. The molecule has 3 rings (SSSR count). The highest BCUT2D eigenvalue weighted by Crippen LogP contribution is 2.36. The minimum absolute atomic E-state index is 0.118. The smallest absolute Gasteiger partial charge is 0.227 e. The Morgan fingerprint density at radius 2 is 2.15 bits per heavy atom. The Morgan fingerprint density at radius 3 is 2.92 bits per heavy atom. The number of carbonyl (C=O) groups is 2. The summed E-state index contributed by atoms with van der Waals surface area (Å²) < 4.78 is 5.74. The van der Waals surface area contributed by atoms with Gasteiger partial charge in [-0.05, 0) is 37.3 Å². The van der Waals surface area contributed by atoms with E-state index in [0.717, 1.165) is 5.69 Å². The fourth-order valence-electron chi connectivity index (χ4n) is 2.78. The van der Waals surface area contributed by atoms with Gasteiger partial charge < -0.3 is 15.0 Å². The lowest BCUT2D eigenvalue weighted by Gasteiger charge is -2.33. The molecule has 2 aromatic rings. The van der Waals surface area contributed by atoms with Gasteiger partial charge in [-0.25, -0.2) is 0 Å². The number of fused-ring (bicyclic) bond motifs is 1. The Labute approximate surface area is 157 Å². The number of rotatable bonds is 5. The number of halogens is 1. The van der Waals surface area contributed by atoms with Gasteiger partial charge in [0, 0.05) is 24.1 Å². The van der Waals surface area contributed by atoms with E-state index < -0.39 is 0 Å². The Hall–Kier alpha value is -2.60. The van der Waals surface area contributed by atoms with E-state index in [2.05, 4.69) is 10.3 Å². The number of aromatic nitrogens is 1. The molecule has 1 aromatic heterocycles. The second-order valence-electron chi connectivity index (χ2n) is 6.14. The molecule has 0 bridgehead atoms. The molecule has 1 aliphatic heterocycles. The standard InChI is InChI=1S/C19H20ClN3O3/c1-13-12-23(16-10-14(20)5-6-17(16)26-13)19(25)8-7-18(24)22-11-15-4-2-3-9-21-15/h2-6,9-10,13H,7-8,11-12H2,1H3,(H,22,24)/t13-/m1/s1. The van der Waals surface area contributed by atoms with E-state index in [0.29, 0.717) is 29.5 Å². The average Bonchev–Trinajstić information content (AvgIpc) is 2.65. The van der Waals surface area contributed by atoms with Gasteiger partial charge in [0.1, 0.15) is 11.9 Å². The summed E-state index contributed by atoms with van der Waals surface area (Å²) in [5.74, 6) is 0.314. The summed E-state index contributed by atoms with van der Waals surface area (Å²) in [5, 5.41) is 3.31. The zero-order valence-corrected chi connectivity index (χ0v) is 15.2. The van der Waals surface area contributed by atoms with Gasteiger partial charge in [-0.2, -0.15) is 0 Å². The minimum atomic E-state index is -0.184. The fraction of sp³-hybridized carbons (Fsp3) is 0.316. The number of amides is 2. The maximum atomic E-state index is 12.6. The Kier molecular flexibility index (Phi) is 5.73. The topological polar surface area (TPSA) is 71.5 Å². The molecule has 1 aliphatic rings. The van der Waals surface area contributed by atoms with Crippen LogP contribution in [0.1, 0.15) is 25.5 Å². The summed E-state index contributed by atoms with van der Waals surface area (Å²) in [6.45, 7) is 2.68. The van der Waals surface area contributed by atoms with Crippen molar-refractivity contribution < 1.29 is 14.3 Å². The van der Waals surface area contributed by atoms with Gasteiger partial charge in [0.2, 0.25) is 11.8 Å². The molecule has 1 aromatic carbocycles. The zero-order valence-electron chi connectivity index (χ0n) is 14.4. The van der Waals surface area contributed by atoms with Gasteiger partial charge in [0.25, 0.3) is 0 Å². The highest BCUT2D eigenvalue weighted by atomic mass is 35.5. The van der Waals surface area contributed by atoms with Gasteiger partial charge in [-0.15, -0.1) is 0 Å². The molecular formula is C19H20ClN3O3. The van der Waals surface area contributed by atoms with Crippen LogP contribution in [0.25, 0.3) is 0 Å². The molecule has 2 amide bonds. The number of hydrogen-bond acceptors (Lipinski definition) is 4. The van der Waals surface area contributed by atoms with Crippen molar-refractivity contribution in [1.82, 2.24) is 10.3 Å². The lowest BCUT2D eigenvalue weighted by molar-refractivity contribution is -0.125. The number of benzene rings is 1. The summed E-state index contributed by atoms with van der Waals surface area (Å²) in [4.78, 5) is 30.4. The number of nitrogens with zero attached hydrogens (tertiary/aromatic N) is 2. The molecule has 0 saturated heterocycles. The first kappa shape index (κ1) is 18.2. The molecule has 0 saturated carbocycles. The molecule has 26 heavy (non-hydrogen) atoms. The van der Waals surface area contributed by atoms with E-state index in [-0.39, 0.29) is 30.8 Å². The van der Waals surface area contributed by atoms with Gasteiger partial charge in [0.15, 0.2) is 0 Å². The molecule has 0 spiro atoms. The van der Waals surface area contributed by atoms with Gasteiger partial charge in [-0.3, -0.25) is 14.6 Å². The summed E-state index contributed by atoms with van der Waals surface area (Å²) in [6.07, 6.45) is 1.79. The van der Waals surface area contributed by atoms with Crippen molar-refractivity contribution in [2.75, 3.05) is 11.4 Å². The Bertz CT molecular complexity index is 798. The molecular weight excluding hydrogens is 354 g/mol. The van der Waals surface area contributed by atoms with Crippen molar-refractivity contribution in [3.05, 3.63) is 53.3 Å².